The van der Waals surface area contributed by atoms with Gasteiger partial charge in [0, 0.05) is 0 Å². The molecule has 0 unspecified atom stereocenters. The average molecular weight is 317 g/mol. The fourth-order valence-corrected chi connectivity index (χ4v) is 2.07. The number of ether oxygens (including phenoxy) is 3. The summed E-state index contributed by atoms with van der Waals surface area (Å²) >= 11 is 0. The molecule has 0 saturated carbocycles. The van der Waals surface area contributed by atoms with Crippen molar-refractivity contribution in [2.45, 2.75) is 0 Å². The van der Waals surface area contributed by atoms with Crippen LogP contribution in [0.25, 0.3) is 11.2 Å². The fourth-order valence-electron chi connectivity index (χ4n) is 2.07. The molecule has 2 aromatic heterocycles. The van der Waals surface area contributed by atoms with E-state index in [1.54, 1.807) is 0 Å². The molecule has 118 valence electrons. The summed E-state index contributed by atoms with van der Waals surface area (Å²) in [4.78, 5) is 25.5. The Kier molecular flexibility index (Phi) is 3.63. The Hall–Kier alpha value is -3.43. The maximum atomic E-state index is 11.4. The molecule has 3 aromatic rings. The van der Waals surface area contributed by atoms with Crippen LogP contribution < -0.4 is 14.2 Å². The van der Waals surface area contributed by atoms with Crippen molar-refractivity contribution in [3.05, 3.63) is 34.9 Å². The van der Waals surface area contributed by atoms with Crippen molar-refractivity contribution >= 4 is 16.9 Å². The van der Waals surface area contributed by atoms with Crippen molar-refractivity contribution < 1.29 is 19.1 Å². The molecule has 3 rings (SSSR count). The molecular formula is C13H11N5O5. The van der Waals surface area contributed by atoms with Crippen LogP contribution in [-0.2, 0) is 0 Å². The first-order chi connectivity index (χ1) is 11.2. The van der Waals surface area contributed by atoms with Crippen LogP contribution >= 0.6 is 0 Å². The molecular weight excluding hydrogens is 306 g/mol. The Morgan fingerprint density at radius 3 is 2.61 bits per heavy atom. The lowest BCUT2D eigenvalue weighted by Gasteiger charge is -2.11. The van der Waals surface area contributed by atoms with Gasteiger partial charge in [-0.2, -0.15) is 4.98 Å². The predicted molar refractivity (Wildman–Crippen MR) is 78.0 cm³/mol. The second-order valence-electron chi connectivity index (χ2n) is 4.29. The van der Waals surface area contributed by atoms with Gasteiger partial charge in [-0.05, 0) is 12.1 Å². The number of hydrogen-bond donors (Lipinski definition) is 1. The second-order valence-corrected chi connectivity index (χ2v) is 4.29. The Balaban J connectivity index is 2.13. The molecule has 0 aliphatic rings. The molecule has 2 heterocycles. The van der Waals surface area contributed by atoms with Crippen molar-refractivity contribution in [3.63, 3.8) is 0 Å². The number of benzene rings is 1. The second kappa shape index (κ2) is 5.75. The highest BCUT2D eigenvalue weighted by Crippen LogP contribution is 2.45. The quantitative estimate of drug-likeness (QED) is 0.560. The van der Waals surface area contributed by atoms with Crippen LogP contribution in [0.4, 0.5) is 5.69 Å². The van der Waals surface area contributed by atoms with Crippen LogP contribution in [0.5, 0.6) is 23.1 Å². The Morgan fingerprint density at radius 1 is 1.13 bits per heavy atom. The zero-order chi connectivity index (χ0) is 16.4. The Morgan fingerprint density at radius 2 is 1.91 bits per heavy atom. The minimum Gasteiger partial charge on any atom is -0.493 e. The lowest BCUT2D eigenvalue weighted by molar-refractivity contribution is -0.386. The number of fused-ring (bicyclic) bond motifs is 1. The van der Waals surface area contributed by atoms with Gasteiger partial charge in [-0.25, -0.2) is 9.97 Å². The number of nitrogens with zero attached hydrogens (tertiary/aromatic N) is 4. The number of aromatic amines is 1. The van der Waals surface area contributed by atoms with E-state index in [2.05, 4.69) is 19.9 Å². The maximum Gasteiger partial charge on any atom is 0.356 e. The molecule has 0 aliphatic heterocycles. The van der Waals surface area contributed by atoms with Crippen LogP contribution in [-0.4, -0.2) is 39.1 Å². The maximum absolute atomic E-state index is 11.4. The summed E-state index contributed by atoms with van der Waals surface area (Å²) in [5.74, 6) is 0.260. The molecule has 0 radical (unpaired) electrons. The highest BCUT2D eigenvalue weighted by atomic mass is 16.6. The third-order valence-electron chi connectivity index (χ3n) is 3.06. The predicted octanol–water partition coefficient (Wildman–Crippen LogP) is 2.07. The van der Waals surface area contributed by atoms with Crippen molar-refractivity contribution in [2.24, 2.45) is 0 Å². The van der Waals surface area contributed by atoms with Crippen LogP contribution in [0.2, 0.25) is 0 Å². The summed E-state index contributed by atoms with van der Waals surface area (Å²) in [6.45, 7) is 0. The number of nitrogens with one attached hydrogen (secondary N) is 1. The first kappa shape index (κ1) is 14.5. The number of H-pyrrole nitrogens is 1. The first-order valence-corrected chi connectivity index (χ1v) is 6.37. The highest BCUT2D eigenvalue weighted by molar-refractivity contribution is 5.76. The monoisotopic (exact) mass is 317 g/mol. The zero-order valence-electron chi connectivity index (χ0n) is 12.1. The van der Waals surface area contributed by atoms with E-state index in [-0.39, 0.29) is 28.8 Å². The minimum atomic E-state index is -0.609. The summed E-state index contributed by atoms with van der Waals surface area (Å²) < 4.78 is 15.7. The van der Waals surface area contributed by atoms with Crippen molar-refractivity contribution in [2.75, 3.05) is 14.2 Å². The number of hydrogen-bond acceptors (Lipinski definition) is 8. The summed E-state index contributed by atoms with van der Waals surface area (Å²) in [5, 5.41) is 11.4. The number of nitro groups is 1. The highest BCUT2D eigenvalue weighted by Gasteiger charge is 2.27. The van der Waals surface area contributed by atoms with Crippen molar-refractivity contribution in [1.82, 2.24) is 19.9 Å². The van der Waals surface area contributed by atoms with Gasteiger partial charge in [0.05, 0.1) is 25.5 Å². The Labute approximate surface area is 129 Å². The summed E-state index contributed by atoms with van der Waals surface area (Å²) in [7, 11) is 2.70. The third-order valence-corrected chi connectivity index (χ3v) is 3.06. The lowest BCUT2D eigenvalue weighted by atomic mass is 10.2. The van der Waals surface area contributed by atoms with Gasteiger partial charge in [0.25, 0.3) is 0 Å². The van der Waals surface area contributed by atoms with Crippen LogP contribution in [0, 0.1) is 10.1 Å². The molecule has 0 fully saturated rings. The fraction of sp³-hybridized carbons (Fsp3) is 0.154. The largest absolute Gasteiger partial charge is 0.493 e. The molecule has 23 heavy (non-hydrogen) atoms. The van der Waals surface area contributed by atoms with E-state index in [0.29, 0.717) is 11.2 Å². The van der Waals surface area contributed by atoms with E-state index in [0.717, 1.165) is 0 Å². The van der Waals surface area contributed by atoms with Gasteiger partial charge < -0.3 is 19.2 Å². The van der Waals surface area contributed by atoms with Crippen LogP contribution in [0.3, 0.4) is 0 Å². The smallest absolute Gasteiger partial charge is 0.356 e. The van der Waals surface area contributed by atoms with Crippen LogP contribution in [0.1, 0.15) is 0 Å². The van der Waals surface area contributed by atoms with Crippen molar-refractivity contribution in [1.29, 1.82) is 0 Å². The molecule has 1 aromatic carbocycles. The molecule has 0 atom stereocenters. The molecule has 0 bridgehead atoms. The van der Waals surface area contributed by atoms with Crippen LogP contribution in [0.15, 0.2) is 24.8 Å². The van der Waals surface area contributed by atoms with Gasteiger partial charge in [-0.15, -0.1) is 0 Å². The third kappa shape index (κ3) is 2.46. The molecule has 10 nitrogen and oxygen atoms in total. The topological polar surface area (TPSA) is 125 Å². The van der Waals surface area contributed by atoms with E-state index < -0.39 is 4.92 Å². The SMILES string of the molecule is COc1ccc(Oc2ncnc3nc[nH]c23)c([N+](=O)[O-])c1OC. The van der Waals surface area contributed by atoms with E-state index in [9.17, 15) is 10.1 Å². The van der Waals surface area contributed by atoms with Gasteiger partial charge in [0.1, 0.15) is 11.8 Å². The molecule has 0 spiro atoms. The number of imidazole rings is 1. The lowest BCUT2D eigenvalue weighted by Crippen LogP contribution is -2.00. The van der Waals surface area contributed by atoms with Gasteiger partial charge in [0.15, 0.2) is 11.4 Å². The Bertz CT molecular complexity index is 878. The van der Waals surface area contributed by atoms with E-state index in [1.807, 2.05) is 0 Å². The number of rotatable bonds is 5. The normalized spacial score (nSPS) is 10.5. The molecule has 0 amide bonds. The van der Waals surface area contributed by atoms with E-state index in [4.69, 9.17) is 14.2 Å². The van der Waals surface area contributed by atoms with Crippen molar-refractivity contribution in [3.8, 4) is 23.1 Å². The zero-order valence-corrected chi connectivity index (χ0v) is 12.1. The number of methoxy groups -OCH3 is 2. The van der Waals surface area contributed by atoms with E-state index in [1.165, 1.54) is 39.0 Å². The van der Waals surface area contributed by atoms with Gasteiger partial charge in [-0.1, -0.05) is 0 Å². The average Bonchev–Trinajstić information content (AvgIpc) is 3.03. The van der Waals surface area contributed by atoms with Gasteiger partial charge in [0.2, 0.25) is 17.4 Å². The molecule has 0 aliphatic carbocycles. The molecule has 1 N–H and O–H groups in total. The van der Waals surface area contributed by atoms with Gasteiger partial charge in [-0.3, -0.25) is 10.1 Å². The molecule has 10 heteroatoms. The van der Waals surface area contributed by atoms with E-state index >= 15 is 0 Å². The molecule has 0 saturated heterocycles. The minimum absolute atomic E-state index is 0.0371. The van der Waals surface area contributed by atoms with Gasteiger partial charge >= 0.3 is 5.69 Å². The standard InChI is InChI=1S/C13H11N5O5/c1-21-8-4-3-7(10(18(19)20)11(8)22-2)23-13-9-12(15-5-14-9)16-6-17-13/h3-6H,1-2H3,(H,14,15,16,17). The number of aromatic nitrogens is 4. The summed E-state index contributed by atoms with van der Waals surface area (Å²) in [5.41, 5.74) is 0.452. The first-order valence-electron chi connectivity index (χ1n) is 6.37. The summed E-state index contributed by atoms with van der Waals surface area (Å²) in [6, 6.07) is 2.91. The summed E-state index contributed by atoms with van der Waals surface area (Å²) in [6.07, 6.45) is 2.68. The number of nitro benzene ring substituents is 1.